The Morgan fingerprint density at radius 1 is 1.57 bits per heavy atom. The zero-order valence-electron chi connectivity index (χ0n) is 8.73. The molecule has 0 aliphatic carbocycles. The van der Waals surface area contributed by atoms with Crippen LogP contribution in [0.5, 0.6) is 0 Å². The molecular formula is C10H14N4. The molecule has 0 spiro atoms. The Morgan fingerprint density at radius 3 is 2.79 bits per heavy atom. The van der Waals surface area contributed by atoms with Gasteiger partial charge in [-0.05, 0) is 26.8 Å². The Bertz CT molecular complexity index is 340. The summed E-state index contributed by atoms with van der Waals surface area (Å²) < 4.78 is 0. The quantitative estimate of drug-likeness (QED) is 0.726. The van der Waals surface area contributed by atoms with Crippen molar-refractivity contribution in [2.24, 2.45) is 0 Å². The molecule has 0 radical (unpaired) electrons. The van der Waals surface area contributed by atoms with Crippen LogP contribution < -0.4 is 4.90 Å². The van der Waals surface area contributed by atoms with Gasteiger partial charge in [-0.1, -0.05) is 0 Å². The number of nitrogens with zero attached hydrogens (tertiary/aromatic N) is 4. The van der Waals surface area contributed by atoms with Crippen LogP contribution in [0.2, 0.25) is 0 Å². The molecule has 0 aliphatic rings. The van der Waals surface area contributed by atoms with Crippen molar-refractivity contribution in [3.63, 3.8) is 0 Å². The maximum absolute atomic E-state index is 8.70. The molecule has 1 aromatic rings. The molecule has 0 unspecified atom stereocenters. The Labute approximate surface area is 84.2 Å². The SMILES string of the molecule is CCN(c1nccc(C#N)n1)C(C)C. The third-order valence-corrected chi connectivity index (χ3v) is 1.98. The fourth-order valence-electron chi connectivity index (χ4n) is 1.29. The van der Waals surface area contributed by atoms with E-state index in [1.807, 2.05) is 17.9 Å². The van der Waals surface area contributed by atoms with Crippen LogP contribution in [0, 0.1) is 11.3 Å². The molecule has 1 aromatic heterocycles. The number of anilines is 1. The summed E-state index contributed by atoms with van der Waals surface area (Å²) in [5.41, 5.74) is 0.411. The number of hydrogen-bond acceptors (Lipinski definition) is 4. The zero-order chi connectivity index (χ0) is 10.6. The molecule has 0 bridgehead atoms. The van der Waals surface area contributed by atoms with Crippen LogP contribution >= 0.6 is 0 Å². The molecule has 1 heterocycles. The van der Waals surface area contributed by atoms with Crippen LogP contribution in [0.15, 0.2) is 12.3 Å². The van der Waals surface area contributed by atoms with Gasteiger partial charge < -0.3 is 4.90 Å². The lowest BCUT2D eigenvalue weighted by atomic mass is 10.3. The molecule has 74 valence electrons. The van der Waals surface area contributed by atoms with Crippen molar-refractivity contribution in [2.45, 2.75) is 26.8 Å². The maximum atomic E-state index is 8.70. The van der Waals surface area contributed by atoms with Gasteiger partial charge in [-0.15, -0.1) is 0 Å². The van der Waals surface area contributed by atoms with Crippen LogP contribution in [0.4, 0.5) is 5.95 Å². The predicted molar refractivity (Wildman–Crippen MR) is 54.9 cm³/mol. The highest BCUT2D eigenvalue weighted by Gasteiger charge is 2.10. The first-order chi connectivity index (χ1) is 6.69. The lowest BCUT2D eigenvalue weighted by molar-refractivity contribution is 0.680. The van der Waals surface area contributed by atoms with E-state index in [4.69, 9.17) is 5.26 Å². The van der Waals surface area contributed by atoms with Crippen LogP contribution in [-0.4, -0.2) is 22.6 Å². The lowest BCUT2D eigenvalue weighted by Crippen LogP contribution is -2.32. The monoisotopic (exact) mass is 190 g/mol. The summed E-state index contributed by atoms with van der Waals surface area (Å²) in [7, 11) is 0. The minimum Gasteiger partial charge on any atom is -0.339 e. The first kappa shape index (κ1) is 10.5. The number of aromatic nitrogens is 2. The smallest absolute Gasteiger partial charge is 0.226 e. The second-order valence-electron chi connectivity index (χ2n) is 3.23. The average Bonchev–Trinajstić information content (AvgIpc) is 2.19. The van der Waals surface area contributed by atoms with Crippen molar-refractivity contribution in [3.8, 4) is 6.07 Å². The zero-order valence-corrected chi connectivity index (χ0v) is 8.73. The highest BCUT2D eigenvalue weighted by molar-refractivity contribution is 5.34. The van der Waals surface area contributed by atoms with Crippen LogP contribution in [-0.2, 0) is 0 Å². The summed E-state index contributed by atoms with van der Waals surface area (Å²) in [6.45, 7) is 7.03. The molecule has 0 aromatic carbocycles. The van der Waals surface area contributed by atoms with Gasteiger partial charge in [0.15, 0.2) is 0 Å². The van der Waals surface area contributed by atoms with Crippen molar-refractivity contribution in [3.05, 3.63) is 18.0 Å². The standard InChI is InChI=1S/C10H14N4/c1-4-14(8(2)3)10-12-6-5-9(7-11)13-10/h5-6,8H,4H2,1-3H3. The summed E-state index contributed by atoms with van der Waals surface area (Å²) in [4.78, 5) is 10.3. The van der Waals surface area contributed by atoms with Gasteiger partial charge in [0.25, 0.3) is 0 Å². The molecular weight excluding hydrogens is 176 g/mol. The van der Waals surface area contributed by atoms with E-state index >= 15 is 0 Å². The van der Waals surface area contributed by atoms with Gasteiger partial charge in [-0.2, -0.15) is 5.26 Å². The molecule has 4 nitrogen and oxygen atoms in total. The molecule has 0 aliphatic heterocycles. The van der Waals surface area contributed by atoms with E-state index in [-0.39, 0.29) is 0 Å². The second kappa shape index (κ2) is 4.56. The Kier molecular flexibility index (Phi) is 3.41. The fraction of sp³-hybridized carbons (Fsp3) is 0.500. The van der Waals surface area contributed by atoms with Crippen LogP contribution in [0.3, 0.4) is 0 Å². The topological polar surface area (TPSA) is 52.8 Å². The lowest BCUT2D eigenvalue weighted by Gasteiger charge is -2.24. The first-order valence-corrected chi connectivity index (χ1v) is 4.68. The van der Waals surface area contributed by atoms with Gasteiger partial charge in [0, 0.05) is 18.8 Å². The number of nitriles is 1. The normalized spacial score (nSPS) is 9.93. The Balaban J connectivity index is 2.99. The first-order valence-electron chi connectivity index (χ1n) is 4.68. The predicted octanol–water partition coefficient (Wildman–Crippen LogP) is 1.58. The number of rotatable bonds is 3. The molecule has 14 heavy (non-hydrogen) atoms. The van der Waals surface area contributed by atoms with Gasteiger partial charge in [0.1, 0.15) is 11.8 Å². The molecule has 0 N–H and O–H groups in total. The van der Waals surface area contributed by atoms with E-state index in [1.165, 1.54) is 0 Å². The van der Waals surface area contributed by atoms with Gasteiger partial charge >= 0.3 is 0 Å². The highest BCUT2D eigenvalue weighted by Crippen LogP contribution is 2.10. The van der Waals surface area contributed by atoms with Crippen molar-refractivity contribution in [2.75, 3.05) is 11.4 Å². The maximum Gasteiger partial charge on any atom is 0.226 e. The Morgan fingerprint density at radius 2 is 2.29 bits per heavy atom. The molecule has 1 rings (SSSR count). The third kappa shape index (κ3) is 2.19. The van der Waals surface area contributed by atoms with Gasteiger partial charge in [-0.25, -0.2) is 9.97 Å². The van der Waals surface area contributed by atoms with E-state index in [0.29, 0.717) is 17.7 Å². The van der Waals surface area contributed by atoms with Crippen LogP contribution in [0.1, 0.15) is 26.5 Å². The third-order valence-electron chi connectivity index (χ3n) is 1.98. The summed E-state index contributed by atoms with van der Waals surface area (Å²) >= 11 is 0. The average molecular weight is 190 g/mol. The molecule has 0 atom stereocenters. The van der Waals surface area contributed by atoms with Crippen molar-refractivity contribution in [1.82, 2.24) is 9.97 Å². The molecule has 0 saturated heterocycles. The Hall–Kier alpha value is -1.63. The fourth-order valence-corrected chi connectivity index (χ4v) is 1.29. The molecule has 0 saturated carbocycles. The molecule has 0 fully saturated rings. The van der Waals surface area contributed by atoms with E-state index in [1.54, 1.807) is 12.3 Å². The second-order valence-corrected chi connectivity index (χ2v) is 3.23. The van der Waals surface area contributed by atoms with Crippen LogP contribution in [0.25, 0.3) is 0 Å². The summed E-state index contributed by atoms with van der Waals surface area (Å²) in [6, 6.07) is 3.96. The van der Waals surface area contributed by atoms with Crippen molar-refractivity contribution < 1.29 is 0 Å². The minimum absolute atomic E-state index is 0.342. The van der Waals surface area contributed by atoms with Gasteiger partial charge in [-0.3, -0.25) is 0 Å². The largest absolute Gasteiger partial charge is 0.339 e. The molecule has 4 heteroatoms. The van der Waals surface area contributed by atoms with Gasteiger partial charge in [0.2, 0.25) is 5.95 Å². The summed E-state index contributed by atoms with van der Waals surface area (Å²) in [5.74, 6) is 0.626. The van der Waals surface area contributed by atoms with E-state index in [9.17, 15) is 0 Å². The van der Waals surface area contributed by atoms with Gasteiger partial charge in [0.05, 0.1) is 0 Å². The van der Waals surface area contributed by atoms with Crippen molar-refractivity contribution in [1.29, 1.82) is 5.26 Å². The van der Waals surface area contributed by atoms with E-state index < -0.39 is 0 Å². The highest BCUT2D eigenvalue weighted by atomic mass is 15.3. The molecule has 0 amide bonds. The number of hydrogen-bond donors (Lipinski definition) is 0. The van der Waals surface area contributed by atoms with Crippen molar-refractivity contribution >= 4 is 5.95 Å². The van der Waals surface area contributed by atoms with E-state index in [2.05, 4.69) is 23.8 Å². The summed E-state index contributed by atoms with van der Waals surface area (Å²) in [6.07, 6.45) is 1.62. The minimum atomic E-state index is 0.342. The van der Waals surface area contributed by atoms with E-state index in [0.717, 1.165) is 6.54 Å². The summed E-state index contributed by atoms with van der Waals surface area (Å²) in [5, 5.41) is 8.70.